The SMILES string of the molecule is CC[C]1([Si](CC)(CC)CC)CCC[CH2][Hg]1. The molecule has 0 aromatic heterocycles. The van der Waals surface area contributed by atoms with Crippen LogP contribution in [0, 0.1) is 0 Å². The molecule has 1 saturated heterocycles. The van der Waals surface area contributed by atoms with E-state index in [1.54, 1.807) is 47.7 Å². The number of rotatable bonds is 5. The van der Waals surface area contributed by atoms with Crippen LogP contribution in [0.4, 0.5) is 0 Å². The molecule has 1 aliphatic rings. The zero-order chi connectivity index (χ0) is 11.4. The molecule has 0 amide bonds. The van der Waals surface area contributed by atoms with Gasteiger partial charge in [-0.1, -0.05) is 0 Å². The second kappa shape index (κ2) is 6.18. The molecule has 1 fully saturated rings. The third kappa shape index (κ3) is 2.54. The first kappa shape index (κ1) is 14.2. The van der Waals surface area contributed by atoms with Crippen molar-refractivity contribution in [2.45, 2.75) is 78.0 Å². The van der Waals surface area contributed by atoms with E-state index < -0.39 is 32.6 Å². The van der Waals surface area contributed by atoms with Gasteiger partial charge in [-0.2, -0.15) is 0 Å². The Morgan fingerprint density at radius 2 is 1.60 bits per heavy atom. The summed E-state index contributed by atoms with van der Waals surface area (Å²) in [6.07, 6.45) is 6.40. The van der Waals surface area contributed by atoms with E-state index in [9.17, 15) is 0 Å². The molecule has 0 nitrogen and oxygen atoms in total. The van der Waals surface area contributed by atoms with Crippen LogP contribution in [-0.4, -0.2) is 8.07 Å². The molecule has 0 aromatic rings. The summed E-state index contributed by atoms with van der Waals surface area (Å²) in [5.74, 6) is 0. The second-order valence-electron chi connectivity index (χ2n) is 5.54. The van der Waals surface area contributed by atoms with Crippen LogP contribution in [0.2, 0.25) is 24.6 Å². The summed E-state index contributed by atoms with van der Waals surface area (Å²) in [6, 6.07) is 4.73. The van der Waals surface area contributed by atoms with Crippen LogP contribution in [0.25, 0.3) is 0 Å². The fraction of sp³-hybridized carbons (Fsp3) is 1.00. The van der Waals surface area contributed by atoms with Gasteiger partial charge in [-0.3, -0.25) is 0 Å². The fourth-order valence-electron chi connectivity index (χ4n) is 4.36. The molecular formula is C13H28HgSi. The average molecular weight is 413 g/mol. The molecular weight excluding hydrogens is 385 g/mol. The second-order valence-corrected chi connectivity index (χ2v) is 24.0. The van der Waals surface area contributed by atoms with Gasteiger partial charge in [-0.25, -0.2) is 0 Å². The van der Waals surface area contributed by atoms with Crippen molar-refractivity contribution < 1.29 is 24.6 Å². The molecule has 15 heavy (non-hydrogen) atoms. The minimum absolute atomic E-state index is 0.552. The maximum atomic E-state index is 2.52. The van der Waals surface area contributed by atoms with Gasteiger partial charge in [0, 0.05) is 0 Å². The van der Waals surface area contributed by atoms with Crippen LogP contribution in [-0.2, 0) is 24.6 Å². The predicted octanol–water partition coefficient (Wildman–Crippen LogP) is 5.29. The van der Waals surface area contributed by atoms with Crippen molar-refractivity contribution in [2.75, 3.05) is 0 Å². The summed E-state index contributed by atoms with van der Waals surface area (Å²) in [5.41, 5.74) is 0. The summed E-state index contributed by atoms with van der Waals surface area (Å²) >= 11 is -0.552. The Hall–Kier alpha value is 1.15. The van der Waals surface area contributed by atoms with E-state index >= 15 is 0 Å². The van der Waals surface area contributed by atoms with Crippen LogP contribution < -0.4 is 0 Å². The Morgan fingerprint density at radius 3 is 1.93 bits per heavy atom. The molecule has 0 aromatic carbocycles. The summed E-state index contributed by atoms with van der Waals surface area (Å²) in [6.45, 7) is 10.1. The Labute approximate surface area is 110 Å². The molecule has 86 valence electrons. The first-order valence-electron chi connectivity index (χ1n) is 7.20. The number of hydrogen-bond acceptors (Lipinski definition) is 0. The topological polar surface area (TPSA) is 0 Å². The van der Waals surface area contributed by atoms with Crippen molar-refractivity contribution in [3.05, 3.63) is 0 Å². The van der Waals surface area contributed by atoms with Crippen LogP contribution in [0.3, 0.4) is 0 Å². The first-order chi connectivity index (χ1) is 7.20. The van der Waals surface area contributed by atoms with Crippen molar-refractivity contribution >= 4 is 8.07 Å². The Balaban J connectivity index is 2.93. The van der Waals surface area contributed by atoms with Gasteiger partial charge in [0.2, 0.25) is 0 Å². The molecule has 1 atom stereocenters. The van der Waals surface area contributed by atoms with Gasteiger partial charge >= 0.3 is 111 Å². The van der Waals surface area contributed by atoms with Crippen molar-refractivity contribution in [3.8, 4) is 0 Å². The van der Waals surface area contributed by atoms with Crippen molar-refractivity contribution in [1.29, 1.82) is 0 Å². The van der Waals surface area contributed by atoms with E-state index in [4.69, 9.17) is 0 Å². The fourth-order valence-corrected chi connectivity index (χ4v) is 34.9. The Morgan fingerprint density at radius 1 is 1.00 bits per heavy atom. The van der Waals surface area contributed by atoms with E-state index in [0.29, 0.717) is 0 Å². The van der Waals surface area contributed by atoms with Crippen molar-refractivity contribution in [2.24, 2.45) is 0 Å². The molecule has 1 aliphatic heterocycles. The molecule has 1 heterocycles. The van der Waals surface area contributed by atoms with Gasteiger partial charge < -0.3 is 0 Å². The van der Waals surface area contributed by atoms with Gasteiger partial charge in [0.25, 0.3) is 0 Å². The molecule has 1 unspecified atom stereocenters. The van der Waals surface area contributed by atoms with E-state index in [2.05, 4.69) is 27.7 Å². The standard InChI is InChI=1S/C13H28Si.Hg/c1-6-11-12-13(7-2)14(8-3,9-4)10-5;/h1,6-12H2,2-5H3;. The zero-order valence-corrected chi connectivity index (χ0v) is 17.9. The number of hydrogen-bond donors (Lipinski definition) is 0. The van der Waals surface area contributed by atoms with Gasteiger partial charge in [0.1, 0.15) is 0 Å². The molecule has 0 radical (unpaired) electrons. The van der Waals surface area contributed by atoms with Crippen LogP contribution in [0.1, 0.15) is 53.4 Å². The molecule has 0 bridgehead atoms. The summed E-state index contributed by atoms with van der Waals surface area (Å²) in [4.78, 5) is 0. The first-order valence-corrected chi connectivity index (χ1v) is 16.5. The van der Waals surface area contributed by atoms with Gasteiger partial charge in [-0.05, 0) is 0 Å². The average Bonchev–Trinajstić information content (AvgIpc) is 2.33. The van der Waals surface area contributed by atoms with Gasteiger partial charge in [0.15, 0.2) is 0 Å². The maximum absolute atomic E-state index is 2.52. The van der Waals surface area contributed by atoms with E-state index in [1.807, 2.05) is 0 Å². The summed E-state index contributed by atoms with van der Waals surface area (Å²) < 4.78 is 2.78. The van der Waals surface area contributed by atoms with Gasteiger partial charge in [-0.15, -0.1) is 0 Å². The predicted molar refractivity (Wildman–Crippen MR) is 68.8 cm³/mol. The monoisotopic (exact) mass is 414 g/mol. The van der Waals surface area contributed by atoms with Crippen molar-refractivity contribution in [1.82, 2.24) is 0 Å². The molecule has 0 spiro atoms. The molecule has 0 aliphatic carbocycles. The van der Waals surface area contributed by atoms with Crippen LogP contribution >= 0.6 is 0 Å². The Bertz CT molecular complexity index is 173. The normalized spacial score (nSPS) is 26.9. The molecule has 0 N–H and O–H groups in total. The van der Waals surface area contributed by atoms with Gasteiger partial charge in [0.05, 0.1) is 0 Å². The molecule has 2 heteroatoms. The van der Waals surface area contributed by atoms with E-state index in [-0.39, 0.29) is 0 Å². The Kier molecular flexibility index (Phi) is 5.86. The van der Waals surface area contributed by atoms with Crippen molar-refractivity contribution in [3.63, 3.8) is 0 Å². The van der Waals surface area contributed by atoms with E-state index in [1.165, 1.54) is 0 Å². The molecule has 0 saturated carbocycles. The quantitative estimate of drug-likeness (QED) is 0.538. The zero-order valence-electron chi connectivity index (χ0n) is 11.4. The third-order valence-electron chi connectivity index (χ3n) is 5.64. The minimum atomic E-state index is -0.868. The van der Waals surface area contributed by atoms with Crippen LogP contribution in [0.5, 0.6) is 0 Å². The molecule has 1 rings (SSSR count). The summed E-state index contributed by atoms with van der Waals surface area (Å²) in [5, 5.41) is 0. The van der Waals surface area contributed by atoms with E-state index in [0.717, 1.165) is 2.55 Å². The third-order valence-corrected chi connectivity index (χ3v) is 33.9. The van der Waals surface area contributed by atoms with Crippen LogP contribution in [0.15, 0.2) is 0 Å². The summed E-state index contributed by atoms with van der Waals surface area (Å²) in [7, 11) is -0.868.